The topological polar surface area (TPSA) is 66.0 Å². The molecule has 0 aliphatic carbocycles. The molecule has 0 atom stereocenters. The molecule has 0 unspecified atom stereocenters. The van der Waals surface area contributed by atoms with E-state index in [1.807, 2.05) is 50.4 Å². The molecule has 1 aromatic heterocycles. The molecular weight excluding hydrogens is 336 g/mol. The average molecular weight is 364 g/mol. The lowest BCUT2D eigenvalue weighted by Crippen LogP contribution is -2.19. The third kappa shape index (κ3) is 5.45. The maximum absolute atomic E-state index is 12.2. The molecule has 5 nitrogen and oxygen atoms in total. The second-order valence-corrected chi connectivity index (χ2v) is 6.86. The minimum Gasteiger partial charge on any atom is -0.355 e. The minimum atomic E-state index is -0.128. The Balaban J connectivity index is 2.41. The first-order chi connectivity index (χ1) is 12.8. The van der Waals surface area contributed by atoms with Gasteiger partial charge in [-0.3, -0.25) is 4.79 Å². The maximum Gasteiger partial charge on any atom is 0.253 e. The first-order valence-corrected chi connectivity index (χ1v) is 9.00. The number of amides is 1. The van der Waals surface area contributed by atoms with Crippen LogP contribution in [0.5, 0.6) is 0 Å². The summed E-state index contributed by atoms with van der Waals surface area (Å²) < 4.78 is 0. The molecule has 1 aromatic carbocycles. The number of hydrogen-bond acceptors (Lipinski definition) is 4. The van der Waals surface area contributed by atoms with E-state index in [2.05, 4.69) is 41.4 Å². The fraction of sp³-hybridized carbons (Fsp3) is 0.273. The summed E-state index contributed by atoms with van der Waals surface area (Å²) in [4.78, 5) is 16.7. The Hall–Kier alpha value is -3.08. The number of hydrogen-bond donors (Lipinski definition) is 3. The van der Waals surface area contributed by atoms with Crippen LogP contribution in [0.15, 0.2) is 60.5 Å². The van der Waals surface area contributed by atoms with Gasteiger partial charge in [-0.2, -0.15) is 0 Å². The van der Waals surface area contributed by atoms with Gasteiger partial charge in [-0.05, 0) is 43.5 Å². The first kappa shape index (κ1) is 20.2. The number of anilines is 3. The molecule has 2 aromatic rings. The lowest BCUT2D eigenvalue weighted by atomic mass is 10.0. The van der Waals surface area contributed by atoms with Crippen LogP contribution < -0.4 is 16.0 Å². The Morgan fingerprint density at radius 3 is 2.52 bits per heavy atom. The third-order valence-electron chi connectivity index (χ3n) is 4.01. The minimum absolute atomic E-state index is 0.128. The maximum atomic E-state index is 12.2. The van der Waals surface area contributed by atoms with Gasteiger partial charge in [0, 0.05) is 30.7 Å². The fourth-order valence-electron chi connectivity index (χ4n) is 2.78. The summed E-state index contributed by atoms with van der Waals surface area (Å²) in [6.45, 7) is 12.0. The highest BCUT2D eigenvalue weighted by atomic mass is 16.1. The van der Waals surface area contributed by atoms with E-state index >= 15 is 0 Å². The lowest BCUT2D eigenvalue weighted by molar-refractivity contribution is 0.0964. The fourth-order valence-corrected chi connectivity index (χ4v) is 2.78. The summed E-state index contributed by atoms with van der Waals surface area (Å²) in [6, 6.07) is 9.42. The van der Waals surface area contributed by atoms with E-state index < -0.39 is 0 Å². The van der Waals surface area contributed by atoms with Crippen molar-refractivity contribution in [2.24, 2.45) is 0 Å². The quantitative estimate of drug-likeness (QED) is 0.591. The van der Waals surface area contributed by atoms with Crippen molar-refractivity contribution >= 4 is 23.1 Å². The zero-order valence-corrected chi connectivity index (χ0v) is 16.7. The van der Waals surface area contributed by atoms with Crippen LogP contribution in [0.25, 0.3) is 0 Å². The number of nitrogens with zero attached hydrogens (tertiary/aromatic N) is 1. The van der Waals surface area contributed by atoms with E-state index in [-0.39, 0.29) is 11.8 Å². The third-order valence-corrected chi connectivity index (χ3v) is 4.01. The molecule has 0 bridgehead atoms. The molecule has 0 saturated heterocycles. The van der Waals surface area contributed by atoms with Crippen molar-refractivity contribution < 1.29 is 4.79 Å². The summed E-state index contributed by atoms with van der Waals surface area (Å²) in [5, 5.41) is 9.38. The van der Waals surface area contributed by atoms with Gasteiger partial charge in [-0.25, -0.2) is 4.98 Å². The molecule has 0 fully saturated rings. The SMILES string of the molecule is C=C(C)/C=C(\C)Nc1cc(Nc2ccccc2C(=O)NC)c(C(C)C)cn1. The number of allylic oxidation sites excluding steroid dienone is 3. The summed E-state index contributed by atoms with van der Waals surface area (Å²) >= 11 is 0. The standard InChI is InChI=1S/C22H28N4O/c1-14(2)11-16(5)25-21-12-20(18(13-24-21)15(3)4)26-19-10-8-7-9-17(19)22(27)23-6/h7-13,15H,1H2,2-6H3,(H,23,27)(H2,24,25,26)/b16-11+. The summed E-state index contributed by atoms with van der Waals surface area (Å²) in [5.41, 5.74) is 5.28. The number of benzene rings is 1. The van der Waals surface area contributed by atoms with Gasteiger partial charge < -0.3 is 16.0 Å². The average Bonchev–Trinajstić information content (AvgIpc) is 2.60. The highest BCUT2D eigenvalue weighted by molar-refractivity contribution is 6.00. The van der Waals surface area contributed by atoms with E-state index in [0.717, 1.165) is 34.0 Å². The van der Waals surface area contributed by atoms with Crippen molar-refractivity contribution in [1.29, 1.82) is 0 Å². The highest BCUT2D eigenvalue weighted by Gasteiger charge is 2.13. The molecule has 0 aliphatic rings. The van der Waals surface area contributed by atoms with E-state index in [4.69, 9.17) is 0 Å². The van der Waals surface area contributed by atoms with E-state index in [9.17, 15) is 4.79 Å². The molecule has 27 heavy (non-hydrogen) atoms. The van der Waals surface area contributed by atoms with Crippen molar-refractivity contribution in [3.63, 3.8) is 0 Å². The Morgan fingerprint density at radius 1 is 1.19 bits per heavy atom. The molecular formula is C22H28N4O. The number of aromatic nitrogens is 1. The molecule has 2 rings (SSSR count). The number of para-hydroxylation sites is 1. The van der Waals surface area contributed by atoms with Gasteiger partial charge in [0.2, 0.25) is 0 Å². The zero-order chi connectivity index (χ0) is 20.0. The van der Waals surface area contributed by atoms with E-state index in [0.29, 0.717) is 5.56 Å². The second-order valence-electron chi connectivity index (χ2n) is 6.86. The summed E-state index contributed by atoms with van der Waals surface area (Å²) in [5.74, 6) is 0.888. The van der Waals surface area contributed by atoms with Gasteiger partial charge in [0.1, 0.15) is 5.82 Å². The number of pyridine rings is 1. The Morgan fingerprint density at radius 2 is 1.89 bits per heavy atom. The molecule has 1 heterocycles. The van der Waals surface area contributed by atoms with Gasteiger partial charge in [0.25, 0.3) is 5.91 Å². The monoisotopic (exact) mass is 364 g/mol. The number of nitrogens with one attached hydrogen (secondary N) is 3. The molecule has 3 N–H and O–H groups in total. The largest absolute Gasteiger partial charge is 0.355 e. The first-order valence-electron chi connectivity index (χ1n) is 9.00. The number of carbonyl (C=O) groups is 1. The van der Waals surface area contributed by atoms with Crippen LogP contribution in [0.3, 0.4) is 0 Å². The predicted octanol–water partition coefficient (Wildman–Crippen LogP) is 5.20. The van der Waals surface area contributed by atoms with Crippen molar-refractivity contribution in [2.45, 2.75) is 33.6 Å². The lowest BCUT2D eigenvalue weighted by Gasteiger charge is -2.18. The molecule has 5 heteroatoms. The second kappa shape index (κ2) is 9.03. The van der Waals surface area contributed by atoms with Gasteiger partial charge in [-0.15, -0.1) is 0 Å². The Bertz CT molecular complexity index is 868. The highest BCUT2D eigenvalue weighted by Crippen LogP contribution is 2.30. The van der Waals surface area contributed by atoms with Gasteiger partial charge in [-0.1, -0.05) is 38.1 Å². The Labute approximate surface area is 161 Å². The van der Waals surface area contributed by atoms with Crippen LogP contribution in [0.4, 0.5) is 17.2 Å². The summed E-state index contributed by atoms with van der Waals surface area (Å²) in [6.07, 6.45) is 3.83. The van der Waals surface area contributed by atoms with Crippen LogP contribution in [0, 0.1) is 0 Å². The smallest absolute Gasteiger partial charge is 0.253 e. The van der Waals surface area contributed by atoms with E-state index in [1.54, 1.807) is 13.1 Å². The molecule has 1 amide bonds. The van der Waals surface area contributed by atoms with E-state index in [1.165, 1.54) is 0 Å². The van der Waals surface area contributed by atoms with Crippen LogP contribution in [-0.4, -0.2) is 17.9 Å². The van der Waals surface area contributed by atoms with Crippen LogP contribution >= 0.6 is 0 Å². The molecule has 0 saturated carbocycles. The zero-order valence-electron chi connectivity index (χ0n) is 16.7. The van der Waals surface area contributed by atoms with Gasteiger partial charge >= 0.3 is 0 Å². The molecule has 0 aliphatic heterocycles. The number of carbonyl (C=O) groups excluding carboxylic acids is 1. The van der Waals surface area contributed by atoms with Gasteiger partial charge in [0.05, 0.1) is 11.3 Å². The van der Waals surface area contributed by atoms with Crippen LogP contribution in [0.1, 0.15) is 49.5 Å². The Kier molecular flexibility index (Phi) is 6.77. The number of rotatable bonds is 7. The molecule has 0 radical (unpaired) electrons. The van der Waals surface area contributed by atoms with Crippen molar-refractivity contribution in [3.05, 3.63) is 71.6 Å². The van der Waals surface area contributed by atoms with Gasteiger partial charge in [0.15, 0.2) is 0 Å². The molecule has 142 valence electrons. The van der Waals surface area contributed by atoms with Crippen molar-refractivity contribution in [1.82, 2.24) is 10.3 Å². The summed E-state index contributed by atoms with van der Waals surface area (Å²) in [7, 11) is 1.63. The van der Waals surface area contributed by atoms with Crippen molar-refractivity contribution in [3.8, 4) is 0 Å². The normalized spacial score (nSPS) is 11.3. The van der Waals surface area contributed by atoms with Crippen LogP contribution in [0.2, 0.25) is 0 Å². The van der Waals surface area contributed by atoms with Crippen LogP contribution in [-0.2, 0) is 0 Å². The predicted molar refractivity (Wildman–Crippen MR) is 114 cm³/mol. The van der Waals surface area contributed by atoms with Crippen molar-refractivity contribution in [2.75, 3.05) is 17.7 Å². The molecule has 0 spiro atoms.